The van der Waals surface area contributed by atoms with E-state index in [0.717, 1.165) is 10.8 Å². The molecule has 0 aliphatic carbocycles. The first-order valence-electron chi connectivity index (χ1n) is 6.42. The molecule has 104 valence electrons. The van der Waals surface area contributed by atoms with Gasteiger partial charge in [0.2, 0.25) is 5.91 Å². The lowest BCUT2D eigenvalue weighted by atomic mass is 10.1. The number of nitrogens with one attached hydrogen (secondary N) is 3. The molecule has 2 aromatic carbocycles. The average Bonchev–Trinajstić information content (AvgIpc) is 2.45. The van der Waals surface area contributed by atoms with Gasteiger partial charge in [-0.05, 0) is 11.5 Å². The number of fused-ring (bicyclic) bond motifs is 1. The minimum absolute atomic E-state index is 0.187. The van der Waals surface area contributed by atoms with Crippen LogP contribution in [-0.2, 0) is 4.79 Å². The normalized spacial score (nSPS) is 10.3. The summed E-state index contributed by atoms with van der Waals surface area (Å²) in [6.45, 7) is 3.50. The molecule has 20 heavy (non-hydrogen) atoms. The van der Waals surface area contributed by atoms with Crippen molar-refractivity contribution in [1.29, 1.82) is 0 Å². The number of benzene rings is 2. The van der Waals surface area contributed by atoms with Crippen LogP contribution in [0.25, 0.3) is 10.8 Å². The molecule has 0 saturated carbocycles. The van der Waals surface area contributed by atoms with Gasteiger partial charge in [-0.1, -0.05) is 50.2 Å². The van der Waals surface area contributed by atoms with Crippen LogP contribution in [0.3, 0.4) is 0 Å². The second-order valence-electron chi connectivity index (χ2n) is 4.75. The number of urea groups is 1. The Balaban J connectivity index is 2.05. The number of amides is 3. The Kier molecular flexibility index (Phi) is 4.20. The van der Waals surface area contributed by atoms with Crippen LogP contribution < -0.4 is 16.2 Å². The van der Waals surface area contributed by atoms with E-state index in [1.807, 2.05) is 42.5 Å². The number of rotatable bonds is 2. The van der Waals surface area contributed by atoms with Crippen LogP contribution in [0, 0.1) is 5.92 Å². The van der Waals surface area contributed by atoms with Crippen molar-refractivity contribution in [2.45, 2.75) is 13.8 Å². The fourth-order valence-corrected chi connectivity index (χ4v) is 1.75. The van der Waals surface area contributed by atoms with E-state index >= 15 is 0 Å². The lowest BCUT2D eigenvalue weighted by molar-refractivity contribution is -0.124. The van der Waals surface area contributed by atoms with E-state index in [0.29, 0.717) is 5.69 Å². The quantitative estimate of drug-likeness (QED) is 0.735. The Morgan fingerprint density at radius 3 is 2.40 bits per heavy atom. The number of anilines is 1. The molecule has 0 unspecified atom stereocenters. The molecule has 0 aromatic heterocycles. The van der Waals surface area contributed by atoms with E-state index < -0.39 is 6.03 Å². The van der Waals surface area contributed by atoms with Crippen LogP contribution in [0.4, 0.5) is 10.5 Å². The monoisotopic (exact) mass is 271 g/mol. The first-order chi connectivity index (χ1) is 9.58. The summed E-state index contributed by atoms with van der Waals surface area (Å²) in [5.74, 6) is -0.425. The minimum atomic E-state index is -0.477. The first kappa shape index (κ1) is 13.9. The maximum Gasteiger partial charge on any atom is 0.337 e. The third-order valence-corrected chi connectivity index (χ3v) is 2.86. The van der Waals surface area contributed by atoms with Crippen molar-refractivity contribution in [2.24, 2.45) is 5.92 Å². The summed E-state index contributed by atoms with van der Waals surface area (Å²) in [4.78, 5) is 23.1. The zero-order valence-corrected chi connectivity index (χ0v) is 11.4. The van der Waals surface area contributed by atoms with E-state index in [2.05, 4.69) is 16.2 Å². The van der Waals surface area contributed by atoms with Gasteiger partial charge in [0.1, 0.15) is 0 Å². The smallest absolute Gasteiger partial charge is 0.306 e. The van der Waals surface area contributed by atoms with Crippen molar-refractivity contribution in [3.63, 3.8) is 0 Å². The Morgan fingerprint density at radius 1 is 0.950 bits per heavy atom. The largest absolute Gasteiger partial charge is 0.337 e. The van der Waals surface area contributed by atoms with Crippen LogP contribution in [0.15, 0.2) is 42.5 Å². The van der Waals surface area contributed by atoms with Crippen molar-refractivity contribution < 1.29 is 9.59 Å². The van der Waals surface area contributed by atoms with E-state index in [-0.39, 0.29) is 11.8 Å². The molecule has 0 bridgehead atoms. The Hall–Kier alpha value is -2.56. The van der Waals surface area contributed by atoms with Crippen molar-refractivity contribution >= 4 is 28.4 Å². The third kappa shape index (κ3) is 3.26. The summed E-state index contributed by atoms with van der Waals surface area (Å²) < 4.78 is 0. The molecule has 3 amide bonds. The van der Waals surface area contributed by atoms with Gasteiger partial charge in [0, 0.05) is 11.3 Å². The van der Waals surface area contributed by atoms with Gasteiger partial charge in [-0.3, -0.25) is 10.2 Å². The summed E-state index contributed by atoms with van der Waals surface area (Å²) in [6, 6.07) is 12.9. The summed E-state index contributed by atoms with van der Waals surface area (Å²) in [6.07, 6.45) is 0. The zero-order valence-electron chi connectivity index (χ0n) is 11.4. The molecular weight excluding hydrogens is 254 g/mol. The van der Waals surface area contributed by atoms with E-state index in [1.54, 1.807) is 13.8 Å². The van der Waals surface area contributed by atoms with Gasteiger partial charge in [0.25, 0.3) is 0 Å². The topological polar surface area (TPSA) is 70.2 Å². The number of carbonyl (C=O) groups is 2. The van der Waals surface area contributed by atoms with Gasteiger partial charge in [-0.25, -0.2) is 10.2 Å². The highest BCUT2D eigenvalue weighted by atomic mass is 16.2. The van der Waals surface area contributed by atoms with Gasteiger partial charge in [0.05, 0.1) is 5.69 Å². The first-order valence-corrected chi connectivity index (χ1v) is 6.42. The van der Waals surface area contributed by atoms with Crippen LogP contribution >= 0.6 is 0 Å². The van der Waals surface area contributed by atoms with Crippen molar-refractivity contribution in [1.82, 2.24) is 10.9 Å². The van der Waals surface area contributed by atoms with Gasteiger partial charge >= 0.3 is 6.03 Å². The highest BCUT2D eigenvalue weighted by molar-refractivity contribution is 6.01. The van der Waals surface area contributed by atoms with E-state index in [1.165, 1.54) is 0 Å². The lowest BCUT2D eigenvalue weighted by Crippen LogP contribution is -2.45. The van der Waals surface area contributed by atoms with E-state index in [4.69, 9.17) is 0 Å². The molecule has 0 heterocycles. The summed E-state index contributed by atoms with van der Waals surface area (Å²) in [5, 5.41) is 4.70. The molecule has 0 fully saturated rings. The summed E-state index contributed by atoms with van der Waals surface area (Å²) in [5.41, 5.74) is 5.37. The molecule has 2 aromatic rings. The second-order valence-corrected chi connectivity index (χ2v) is 4.75. The molecule has 0 radical (unpaired) electrons. The number of hydrogen-bond acceptors (Lipinski definition) is 2. The second kappa shape index (κ2) is 6.06. The van der Waals surface area contributed by atoms with Crippen LogP contribution in [0.5, 0.6) is 0 Å². The third-order valence-electron chi connectivity index (χ3n) is 2.86. The molecule has 0 atom stereocenters. The maximum atomic E-state index is 11.7. The Morgan fingerprint density at radius 2 is 1.65 bits per heavy atom. The predicted octanol–water partition coefficient (Wildman–Crippen LogP) is 2.65. The minimum Gasteiger partial charge on any atom is -0.306 e. The highest BCUT2D eigenvalue weighted by Gasteiger charge is 2.09. The average molecular weight is 271 g/mol. The number of hydrogen-bond donors (Lipinski definition) is 3. The van der Waals surface area contributed by atoms with Gasteiger partial charge in [-0.2, -0.15) is 0 Å². The molecule has 0 spiro atoms. The standard InChI is InChI=1S/C15H17N3O2/c1-10(2)14(19)17-18-15(20)16-13-9-5-7-11-6-3-4-8-12(11)13/h3-10H,1-2H3,(H,17,19)(H2,16,18,20). The predicted molar refractivity (Wildman–Crippen MR) is 79.1 cm³/mol. The van der Waals surface area contributed by atoms with Crippen molar-refractivity contribution in [3.05, 3.63) is 42.5 Å². The zero-order chi connectivity index (χ0) is 14.5. The maximum absolute atomic E-state index is 11.7. The fourth-order valence-electron chi connectivity index (χ4n) is 1.75. The lowest BCUT2D eigenvalue weighted by Gasteiger charge is -2.11. The SMILES string of the molecule is CC(C)C(=O)NNC(=O)Nc1cccc2ccccc12. The Bertz CT molecular complexity index is 633. The van der Waals surface area contributed by atoms with E-state index in [9.17, 15) is 9.59 Å². The van der Waals surface area contributed by atoms with Gasteiger partial charge in [-0.15, -0.1) is 0 Å². The molecule has 5 heteroatoms. The van der Waals surface area contributed by atoms with Gasteiger partial charge in [0.15, 0.2) is 0 Å². The Labute approximate surface area is 117 Å². The van der Waals surface area contributed by atoms with Crippen molar-refractivity contribution in [3.8, 4) is 0 Å². The molecule has 3 N–H and O–H groups in total. The molecule has 5 nitrogen and oxygen atoms in total. The molecule has 0 saturated heterocycles. The molecule has 0 aliphatic rings. The number of carbonyl (C=O) groups excluding carboxylic acids is 2. The number of hydrazine groups is 1. The van der Waals surface area contributed by atoms with Crippen molar-refractivity contribution in [2.75, 3.05) is 5.32 Å². The molecule has 0 aliphatic heterocycles. The molecule has 2 rings (SSSR count). The van der Waals surface area contributed by atoms with Crippen LogP contribution in [0.1, 0.15) is 13.8 Å². The van der Waals surface area contributed by atoms with Crippen LogP contribution in [0.2, 0.25) is 0 Å². The fraction of sp³-hybridized carbons (Fsp3) is 0.200. The highest BCUT2D eigenvalue weighted by Crippen LogP contribution is 2.22. The summed E-state index contributed by atoms with van der Waals surface area (Å²) >= 11 is 0. The summed E-state index contributed by atoms with van der Waals surface area (Å²) in [7, 11) is 0. The van der Waals surface area contributed by atoms with Gasteiger partial charge < -0.3 is 5.32 Å². The molecular formula is C15H17N3O2. The van der Waals surface area contributed by atoms with Crippen LogP contribution in [-0.4, -0.2) is 11.9 Å².